The van der Waals surface area contributed by atoms with Crippen LogP contribution in [0.5, 0.6) is 0 Å². The summed E-state index contributed by atoms with van der Waals surface area (Å²) in [6, 6.07) is 9.19. The molecule has 1 aliphatic heterocycles. The second-order valence-electron chi connectivity index (χ2n) is 4.57. The van der Waals surface area contributed by atoms with Crippen molar-refractivity contribution in [3.63, 3.8) is 0 Å². The summed E-state index contributed by atoms with van der Waals surface area (Å²) in [5, 5.41) is 5.59. The van der Waals surface area contributed by atoms with Crippen molar-refractivity contribution in [2.75, 3.05) is 18.1 Å². The average molecular weight is 273 g/mol. The maximum absolute atomic E-state index is 12.3. The molecule has 2 rings (SSSR count). The van der Waals surface area contributed by atoms with Gasteiger partial charge in [-0.25, -0.2) is 5.01 Å². The average Bonchev–Trinajstić information content (AvgIpc) is 2.49. The summed E-state index contributed by atoms with van der Waals surface area (Å²) in [5.74, 6) is -0.157. The second kappa shape index (κ2) is 6.32. The number of anilines is 1. The van der Waals surface area contributed by atoms with Gasteiger partial charge in [0.05, 0.1) is 5.69 Å². The van der Waals surface area contributed by atoms with Gasteiger partial charge in [0.1, 0.15) is 5.71 Å². The van der Waals surface area contributed by atoms with E-state index in [1.165, 1.54) is 5.01 Å². The third kappa shape index (κ3) is 2.87. The molecule has 0 fully saturated rings. The molecule has 1 aromatic rings. The first-order valence-corrected chi connectivity index (χ1v) is 6.92. The van der Waals surface area contributed by atoms with Gasteiger partial charge in [0, 0.05) is 25.9 Å². The Hall–Kier alpha value is -2.17. The van der Waals surface area contributed by atoms with E-state index >= 15 is 0 Å². The number of carbonyl (C=O) groups is 2. The number of hydrogen-bond donors (Lipinski definition) is 0. The molecule has 1 aromatic carbocycles. The molecule has 0 aliphatic carbocycles. The van der Waals surface area contributed by atoms with Crippen LogP contribution in [0, 0.1) is 0 Å². The van der Waals surface area contributed by atoms with E-state index in [0.717, 1.165) is 0 Å². The van der Waals surface area contributed by atoms with E-state index in [-0.39, 0.29) is 11.8 Å². The summed E-state index contributed by atoms with van der Waals surface area (Å²) in [4.78, 5) is 26.0. The molecule has 0 spiro atoms. The van der Waals surface area contributed by atoms with Crippen molar-refractivity contribution in [1.82, 2.24) is 4.90 Å². The van der Waals surface area contributed by atoms with Gasteiger partial charge in [0.25, 0.3) is 5.91 Å². The smallest absolute Gasteiger partial charge is 0.270 e. The van der Waals surface area contributed by atoms with Crippen molar-refractivity contribution in [3.05, 3.63) is 30.3 Å². The number of amides is 2. The topological polar surface area (TPSA) is 53.0 Å². The summed E-state index contributed by atoms with van der Waals surface area (Å²) in [6.07, 6.45) is 0.734. The van der Waals surface area contributed by atoms with Gasteiger partial charge in [-0.2, -0.15) is 5.10 Å². The highest BCUT2D eigenvalue weighted by Crippen LogP contribution is 2.20. The van der Waals surface area contributed by atoms with Crippen LogP contribution < -0.4 is 5.01 Å². The van der Waals surface area contributed by atoms with Gasteiger partial charge < -0.3 is 4.90 Å². The number of carbonyl (C=O) groups excluding carboxylic acids is 2. The van der Waals surface area contributed by atoms with Gasteiger partial charge in [-0.3, -0.25) is 9.59 Å². The second-order valence-corrected chi connectivity index (χ2v) is 4.57. The zero-order chi connectivity index (χ0) is 14.5. The van der Waals surface area contributed by atoms with E-state index in [4.69, 9.17) is 0 Å². The van der Waals surface area contributed by atoms with Crippen LogP contribution in [0.15, 0.2) is 35.4 Å². The van der Waals surface area contributed by atoms with E-state index < -0.39 is 0 Å². The Morgan fingerprint density at radius 1 is 1.20 bits per heavy atom. The molecule has 5 heteroatoms. The predicted octanol–water partition coefficient (Wildman–Crippen LogP) is 2.04. The molecule has 1 heterocycles. The lowest BCUT2D eigenvalue weighted by molar-refractivity contribution is -0.124. The standard InChI is InChI=1S/C15H19N3O2/c1-3-17(4-2)15(20)13-10-11-14(19)18(16-13)12-8-6-5-7-9-12/h5-9H,3-4,10-11H2,1-2H3. The van der Waals surface area contributed by atoms with Gasteiger partial charge in [0.2, 0.25) is 5.91 Å². The fourth-order valence-corrected chi connectivity index (χ4v) is 2.17. The fraction of sp³-hybridized carbons (Fsp3) is 0.400. The first-order valence-electron chi connectivity index (χ1n) is 6.92. The highest BCUT2D eigenvalue weighted by Gasteiger charge is 2.27. The van der Waals surface area contributed by atoms with Crippen LogP contribution >= 0.6 is 0 Å². The molecule has 2 amide bonds. The summed E-state index contributed by atoms with van der Waals surface area (Å²) in [6.45, 7) is 5.16. The third-order valence-corrected chi connectivity index (χ3v) is 3.33. The number of para-hydroxylation sites is 1. The van der Waals surface area contributed by atoms with Gasteiger partial charge in [0.15, 0.2) is 0 Å². The number of hydrogen-bond acceptors (Lipinski definition) is 3. The molecule has 106 valence electrons. The van der Waals surface area contributed by atoms with Crippen molar-refractivity contribution in [3.8, 4) is 0 Å². The van der Waals surface area contributed by atoms with Gasteiger partial charge >= 0.3 is 0 Å². The lowest BCUT2D eigenvalue weighted by atomic mass is 10.1. The quantitative estimate of drug-likeness (QED) is 0.843. The molecule has 0 atom stereocenters. The highest BCUT2D eigenvalue weighted by molar-refractivity contribution is 6.40. The van der Waals surface area contributed by atoms with E-state index in [9.17, 15) is 9.59 Å². The van der Waals surface area contributed by atoms with Crippen LogP contribution in [0.25, 0.3) is 0 Å². The molecular formula is C15H19N3O2. The van der Waals surface area contributed by atoms with Crippen LogP contribution in [-0.4, -0.2) is 35.5 Å². The van der Waals surface area contributed by atoms with Crippen molar-refractivity contribution in [2.24, 2.45) is 5.10 Å². The molecule has 0 saturated heterocycles. The van der Waals surface area contributed by atoms with Crippen LogP contribution in [-0.2, 0) is 9.59 Å². The number of nitrogens with zero attached hydrogens (tertiary/aromatic N) is 3. The number of hydrazone groups is 1. The molecule has 0 radical (unpaired) electrons. The normalized spacial score (nSPS) is 15.0. The molecule has 1 aliphatic rings. The Balaban J connectivity index is 2.27. The molecule has 5 nitrogen and oxygen atoms in total. The third-order valence-electron chi connectivity index (χ3n) is 3.33. The Bertz CT molecular complexity index is 521. The molecule has 0 unspecified atom stereocenters. The van der Waals surface area contributed by atoms with E-state index in [0.29, 0.717) is 37.3 Å². The predicted molar refractivity (Wildman–Crippen MR) is 78.5 cm³/mol. The van der Waals surface area contributed by atoms with Gasteiger partial charge in [-0.1, -0.05) is 18.2 Å². The van der Waals surface area contributed by atoms with Crippen LogP contribution in [0.2, 0.25) is 0 Å². The maximum atomic E-state index is 12.3. The van der Waals surface area contributed by atoms with Gasteiger partial charge in [-0.05, 0) is 26.0 Å². The maximum Gasteiger partial charge on any atom is 0.270 e. The Kier molecular flexibility index (Phi) is 4.50. The van der Waals surface area contributed by atoms with Crippen LogP contribution in [0.1, 0.15) is 26.7 Å². The minimum absolute atomic E-state index is 0.0766. The highest BCUT2D eigenvalue weighted by atomic mass is 16.2. The Morgan fingerprint density at radius 3 is 2.45 bits per heavy atom. The van der Waals surface area contributed by atoms with Crippen LogP contribution in [0.4, 0.5) is 5.69 Å². The van der Waals surface area contributed by atoms with Crippen molar-refractivity contribution < 1.29 is 9.59 Å². The molecule has 0 N–H and O–H groups in total. The monoisotopic (exact) mass is 273 g/mol. The molecule has 0 saturated carbocycles. The first kappa shape index (κ1) is 14.2. The largest absolute Gasteiger partial charge is 0.338 e. The molecule has 20 heavy (non-hydrogen) atoms. The Labute approximate surface area is 118 Å². The Morgan fingerprint density at radius 2 is 1.85 bits per heavy atom. The van der Waals surface area contributed by atoms with E-state index in [1.807, 2.05) is 44.2 Å². The fourth-order valence-electron chi connectivity index (χ4n) is 2.17. The minimum Gasteiger partial charge on any atom is -0.338 e. The summed E-state index contributed by atoms with van der Waals surface area (Å²) in [7, 11) is 0. The van der Waals surface area contributed by atoms with Crippen molar-refractivity contribution in [1.29, 1.82) is 0 Å². The molecular weight excluding hydrogens is 254 g/mol. The molecule has 0 aromatic heterocycles. The zero-order valence-corrected chi connectivity index (χ0v) is 11.9. The summed E-state index contributed by atoms with van der Waals surface area (Å²) >= 11 is 0. The first-order chi connectivity index (χ1) is 9.67. The lowest BCUT2D eigenvalue weighted by Crippen LogP contribution is -2.41. The molecule has 0 bridgehead atoms. The van der Waals surface area contributed by atoms with Crippen molar-refractivity contribution in [2.45, 2.75) is 26.7 Å². The SMILES string of the molecule is CCN(CC)C(=O)C1=NN(c2ccccc2)C(=O)CC1. The van der Waals surface area contributed by atoms with Gasteiger partial charge in [-0.15, -0.1) is 0 Å². The minimum atomic E-state index is -0.0802. The van der Waals surface area contributed by atoms with E-state index in [1.54, 1.807) is 4.90 Å². The number of rotatable bonds is 4. The summed E-state index contributed by atoms with van der Waals surface area (Å²) < 4.78 is 0. The van der Waals surface area contributed by atoms with Crippen molar-refractivity contribution >= 4 is 23.2 Å². The van der Waals surface area contributed by atoms with Crippen LogP contribution in [0.3, 0.4) is 0 Å². The van der Waals surface area contributed by atoms with E-state index in [2.05, 4.69) is 5.10 Å². The lowest BCUT2D eigenvalue weighted by Gasteiger charge is -2.26. The zero-order valence-electron chi connectivity index (χ0n) is 11.9. The number of benzene rings is 1. The summed E-state index contributed by atoms with van der Waals surface area (Å²) in [5.41, 5.74) is 1.15.